The Hall–Kier alpha value is -2.25. The van der Waals surface area contributed by atoms with Crippen molar-refractivity contribution in [2.45, 2.75) is 38.1 Å². The molecule has 4 nitrogen and oxygen atoms in total. The minimum Gasteiger partial charge on any atom is -0.489 e. The van der Waals surface area contributed by atoms with Gasteiger partial charge in [0.05, 0.1) is 11.7 Å². The van der Waals surface area contributed by atoms with Gasteiger partial charge in [-0.1, -0.05) is 17.7 Å². The third-order valence-electron chi connectivity index (χ3n) is 4.57. The van der Waals surface area contributed by atoms with Crippen LogP contribution in [-0.4, -0.2) is 23.8 Å². The molecule has 0 amide bonds. The standard InChI is InChI=1S/C20H18ClF3O4/c21-15-3-6-18(20(22,23)24)14(7-15)10-27-16-4-1-13-9-17(28-11-19(25)26)5-2-12(13)8-16/h1,3-4,6-8,17H,2,5,9-11H2,(H,25,26). The zero-order chi connectivity index (χ0) is 20.3. The van der Waals surface area contributed by atoms with Gasteiger partial charge in [-0.15, -0.1) is 0 Å². The molecule has 2 aromatic rings. The minimum absolute atomic E-state index is 0.0279. The minimum atomic E-state index is -4.48. The maximum atomic E-state index is 13.1. The van der Waals surface area contributed by atoms with E-state index >= 15 is 0 Å². The van der Waals surface area contributed by atoms with Gasteiger partial charge in [0.2, 0.25) is 0 Å². The van der Waals surface area contributed by atoms with E-state index in [1.165, 1.54) is 12.1 Å². The molecule has 1 N–H and O–H groups in total. The first kappa shape index (κ1) is 20.5. The summed E-state index contributed by atoms with van der Waals surface area (Å²) in [4.78, 5) is 10.6. The van der Waals surface area contributed by atoms with Crippen molar-refractivity contribution >= 4 is 17.6 Å². The highest BCUT2D eigenvalue weighted by atomic mass is 35.5. The van der Waals surface area contributed by atoms with Crippen molar-refractivity contribution in [3.05, 3.63) is 63.7 Å². The molecule has 0 bridgehead atoms. The summed E-state index contributed by atoms with van der Waals surface area (Å²) in [7, 11) is 0. The van der Waals surface area contributed by atoms with Gasteiger partial charge in [0, 0.05) is 10.6 Å². The summed E-state index contributed by atoms with van der Waals surface area (Å²) in [6.45, 7) is -0.582. The molecule has 0 fully saturated rings. The molecule has 0 heterocycles. The maximum absolute atomic E-state index is 13.1. The number of carboxylic acid groups (broad SMARTS) is 1. The summed E-state index contributed by atoms with van der Waals surface area (Å²) in [6, 6.07) is 8.74. The van der Waals surface area contributed by atoms with Gasteiger partial charge in [-0.2, -0.15) is 13.2 Å². The lowest BCUT2D eigenvalue weighted by molar-refractivity contribution is -0.144. The van der Waals surface area contributed by atoms with E-state index in [2.05, 4.69) is 0 Å². The summed E-state index contributed by atoms with van der Waals surface area (Å²) in [5.41, 5.74) is 1.25. The zero-order valence-corrected chi connectivity index (χ0v) is 15.5. The molecule has 0 aliphatic heterocycles. The molecule has 1 unspecified atom stereocenters. The average molecular weight is 415 g/mol. The molecule has 0 saturated carbocycles. The van der Waals surface area contributed by atoms with E-state index < -0.39 is 17.7 Å². The molecule has 3 rings (SSSR count). The molecule has 0 aromatic heterocycles. The highest BCUT2D eigenvalue weighted by Crippen LogP contribution is 2.34. The van der Waals surface area contributed by atoms with Crippen LogP contribution in [-0.2, 0) is 35.2 Å². The highest BCUT2D eigenvalue weighted by molar-refractivity contribution is 6.30. The zero-order valence-electron chi connectivity index (χ0n) is 14.8. The van der Waals surface area contributed by atoms with Crippen molar-refractivity contribution in [1.82, 2.24) is 0 Å². The van der Waals surface area contributed by atoms with E-state index in [0.717, 1.165) is 17.2 Å². The van der Waals surface area contributed by atoms with Crippen LogP contribution in [0.3, 0.4) is 0 Å². The molecule has 0 radical (unpaired) electrons. The van der Waals surface area contributed by atoms with Crippen LogP contribution in [0.1, 0.15) is 28.7 Å². The first-order valence-electron chi connectivity index (χ1n) is 8.66. The summed E-state index contributed by atoms with van der Waals surface area (Å²) in [5, 5.41) is 8.91. The molecule has 1 atom stereocenters. The number of hydrogen-bond donors (Lipinski definition) is 1. The van der Waals surface area contributed by atoms with E-state index in [1.54, 1.807) is 12.1 Å². The van der Waals surface area contributed by atoms with Crippen molar-refractivity contribution in [2.75, 3.05) is 6.61 Å². The van der Waals surface area contributed by atoms with Crippen LogP contribution < -0.4 is 4.74 Å². The lowest BCUT2D eigenvalue weighted by Gasteiger charge is -2.25. The fourth-order valence-electron chi connectivity index (χ4n) is 3.24. The normalized spacial score (nSPS) is 16.5. The number of carbonyl (C=O) groups is 1. The molecule has 2 aromatic carbocycles. The maximum Gasteiger partial charge on any atom is 0.416 e. The third kappa shape index (κ3) is 5.17. The van der Waals surface area contributed by atoms with E-state index in [4.69, 9.17) is 26.2 Å². The Bertz CT molecular complexity index is 867. The van der Waals surface area contributed by atoms with Crippen LogP contribution in [0, 0.1) is 0 Å². The SMILES string of the molecule is O=C(O)COC1CCc2cc(OCc3cc(Cl)ccc3C(F)(F)F)ccc2C1. The molecule has 0 saturated heterocycles. The largest absolute Gasteiger partial charge is 0.489 e. The Balaban J connectivity index is 1.68. The van der Waals surface area contributed by atoms with E-state index in [9.17, 15) is 18.0 Å². The molecule has 150 valence electrons. The van der Waals surface area contributed by atoms with Gasteiger partial charge >= 0.3 is 12.1 Å². The third-order valence-corrected chi connectivity index (χ3v) is 4.81. The Labute approximate surface area is 164 Å². The Morgan fingerprint density at radius 3 is 2.68 bits per heavy atom. The summed E-state index contributed by atoms with van der Waals surface area (Å²) in [5.74, 6) is -0.537. The van der Waals surface area contributed by atoms with Crippen LogP contribution in [0.2, 0.25) is 5.02 Å². The summed E-state index contributed by atoms with van der Waals surface area (Å²) >= 11 is 5.83. The fraction of sp³-hybridized carbons (Fsp3) is 0.350. The number of benzene rings is 2. The quantitative estimate of drug-likeness (QED) is 0.730. The summed E-state index contributed by atoms with van der Waals surface area (Å²) in [6.07, 6.45) is -2.69. The predicted octanol–water partition coefficient (Wildman–Crippen LogP) is 4.90. The van der Waals surface area contributed by atoms with Gasteiger partial charge in [-0.25, -0.2) is 4.79 Å². The number of halogens is 4. The number of alkyl halides is 3. The first-order valence-corrected chi connectivity index (χ1v) is 9.04. The summed E-state index contributed by atoms with van der Waals surface area (Å²) < 4.78 is 50.3. The topological polar surface area (TPSA) is 55.8 Å². The van der Waals surface area contributed by atoms with Crippen molar-refractivity contribution in [2.24, 2.45) is 0 Å². The van der Waals surface area contributed by atoms with E-state index in [1.807, 2.05) is 6.07 Å². The molecule has 0 spiro atoms. The highest BCUT2D eigenvalue weighted by Gasteiger charge is 2.33. The van der Waals surface area contributed by atoms with Gasteiger partial charge in [0.1, 0.15) is 19.0 Å². The molecule has 28 heavy (non-hydrogen) atoms. The van der Waals surface area contributed by atoms with Crippen LogP contribution in [0.5, 0.6) is 5.75 Å². The number of fused-ring (bicyclic) bond motifs is 1. The smallest absolute Gasteiger partial charge is 0.416 e. The number of rotatable bonds is 6. The van der Waals surface area contributed by atoms with Crippen molar-refractivity contribution < 1.29 is 32.5 Å². The van der Waals surface area contributed by atoms with Gasteiger partial charge in [0.15, 0.2) is 0 Å². The lowest BCUT2D eigenvalue weighted by atomic mass is 9.89. The predicted molar refractivity (Wildman–Crippen MR) is 96.6 cm³/mol. The van der Waals surface area contributed by atoms with Gasteiger partial charge < -0.3 is 14.6 Å². The monoisotopic (exact) mass is 414 g/mol. The van der Waals surface area contributed by atoms with E-state index in [-0.39, 0.29) is 29.9 Å². The van der Waals surface area contributed by atoms with Crippen LogP contribution in [0.25, 0.3) is 0 Å². The van der Waals surface area contributed by atoms with Crippen molar-refractivity contribution in [1.29, 1.82) is 0 Å². The lowest BCUT2D eigenvalue weighted by Crippen LogP contribution is -2.25. The molecule has 8 heteroatoms. The Kier molecular flexibility index (Phi) is 6.15. The van der Waals surface area contributed by atoms with Gasteiger partial charge in [-0.05, 0) is 60.7 Å². The second-order valence-electron chi connectivity index (χ2n) is 6.59. The van der Waals surface area contributed by atoms with Crippen LogP contribution in [0.15, 0.2) is 36.4 Å². The molecular formula is C20H18ClF3O4. The van der Waals surface area contributed by atoms with Gasteiger partial charge in [0.25, 0.3) is 0 Å². The van der Waals surface area contributed by atoms with Crippen LogP contribution in [0.4, 0.5) is 13.2 Å². The first-order chi connectivity index (χ1) is 13.2. The molecule has 1 aliphatic rings. The number of carboxylic acids is 1. The Morgan fingerprint density at radius 2 is 1.96 bits per heavy atom. The second kappa shape index (κ2) is 8.41. The number of hydrogen-bond acceptors (Lipinski definition) is 3. The number of aryl methyl sites for hydroxylation is 1. The fourth-order valence-corrected chi connectivity index (χ4v) is 3.43. The van der Waals surface area contributed by atoms with Gasteiger partial charge in [-0.3, -0.25) is 0 Å². The van der Waals surface area contributed by atoms with Crippen LogP contribution >= 0.6 is 11.6 Å². The second-order valence-corrected chi connectivity index (χ2v) is 7.02. The number of ether oxygens (including phenoxy) is 2. The van der Waals surface area contributed by atoms with Crippen molar-refractivity contribution in [3.8, 4) is 5.75 Å². The number of aliphatic carboxylic acids is 1. The average Bonchev–Trinajstić information content (AvgIpc) is 2.63. The van der Waals surface area contributed by atoms with Crippen molar-refractivity contribution in [3.63, 3.8) is 0 Å². The molecule has 1 aliphatic carbocycles. The molecular weight excluding hydrogens is 397 g/mol. The van der Waals surface area contributed by atoms with E-state index in [0.29, 0.717) is 25.0 Å². The Morgan fingerprint density at radius 1 is 1.18 bits per heavy atom.